The molecule has 0 aromatic heterocycles. The molecule has 0 N–H and O–H groups in total. The molecule has 6 nitrogen and oxygen atoms in total. The second-order valence-electron chi connectivity index (χ2n) is 7.21. The first-order valence-electron chi connectivity index (χ1n) is 11.6. The molecule has 0 saturated carbocycles. The SMILES string of the molecule is CC.CC.CN1C(=O)c2ccccc2C1=Nc1cccc(N=C2c3ccccc3C(=O)N2C)c1. The van der Waals surface area contributed by atoms with Gasteiger partial charge in [-0.2, -0.15) is 0 Å². The Hall–Kier alpha value is -4.06. The molecule has 2 aliphatic heterocycles. The molecular weight excluding hydrogens is 424 g/mol. The van der Waals surface area contributed by atoms with Gasteiger partial charge in [-0.05, 0) is 30.3 Å². The topological polar surface area (TPSA) is 65.3 Å². The third-order valence-corrected chi connectivity index (χ3v) is 5.34. The van der Waals surface area contributed by atoms with Gasteiger partial charge in [-0.1, -0.05) is 70.2 Å². The van der Waals surface area contributed by atoms with Crippen molar-refractivity contribution in [1.29, 1.82) is 0 Å². The molecule has 0 spiro atoms. The Balaban J connectivity index is 0.000000771. The van der Waals surface area contributed by atoms with E-state index in [4.69, 9.17) is 9.98 Å². The van der Waals surface area contributed by atoms with Crippen molar-refractivity contribution in [3.8, 4) is 0 Å². The van der Waals surface area contributed by atoms with E-state index in [0.717, 1.165) is 11.1 Å². The van der Waals surface area contributed by atoms with E-state index in [9.17, 15) is 9.59 Å². The highest BCUT2D eigenvalue weighted by Gasteiger charge is 2.31. The van der Waals surface area contributed by atoms with Gasteiger partial charge in [-0.15, -0.1) is 0 Å². The van der Waals surface area contributed by atoms with E-state index in [1.54, 1.807) is 23.9 Å². The Morgan fingerprint density at radius 1 is 0.529 bits per heavy atom. The van der Waals surface area contributed by atoms with Gasteiger partial charge in [0.05, 0.1) is 22.5 Å². The fourth-order valence-corrected chi connectivity index (χ4v) is 3.79. The Labute approximate surface area is 201 Å². The highest BCUT2D eigenvalue weighted by atomic mass is 16.2. The van der Waals surface area contributed by atoms with Crippen LogP contribution in [0, 0.1) is 0 Å². The van der Waals surface area contributed by atoms with Crippen LogP contribution in [0.4, 0.5) is 11.4 Å². The van der Waals surface area contributed by atoms with Crippen molar-refractivity contribution in [2.45, 2.75) is 27.7 Å². The van der Waals surface area contributed by atoms with Crippen LogP contribution < -0.4 is 0 Å². The molecule has 3 aromatic rings. The van der Waals surface area contributed by atoms with E-state index in [0.29, 0.717) is 34.2 Å². The molecule has 2 aliphatic rings. The van der Waals surface area contributed by atoms with Gasteiger partial charge in [0.25, 0.3) is 11.8 Å². The van der Waals surface area contributed by atoms with Crippen molar-refractivity contribution >= 4 is 34.9 Å². The summed E-state index contributed by atoms with van der Waals surface area (Å²) in [6.45, 7) is 8.00. The maximum atomic E-state index is 12.5. The van der Waals surface area contributed by atoms with Crippen LogP contribution in [0.25, 0.3) is 0 Å². The Kier molecular flexibility index (Phi) is 7.74. The minimum atomic E-state index is -0.0663. The smallest absolute Gasteiger partial charge is 0.259 e. The van der Waals surface area contributed by atoms with Crippen LogP contribution in [0.1, 0.15) is 59.5 Å². The van der Waals surface area contributed by atoms with E-state index in [1.165, 1.54) is 0 Å². The molecule has 3 aromatic carbocycles. The van der Waals surface area contributed by atoms with Crippen LogP contribution in [0.15, 0.2) is 82.8 Å². The summed E-state index contributed by atoms with van der Waals surface area (Å²) >= 11 is 0. The van der Waals surface area contributed by atoms with Gasteiger partial charge in [0.15, 0.2) is 0 Å². The lowest BCUT2D eigenvalue weighted by Gasteiger charge is -2.11. The summed E-state index contributed by atoms with van der Waals surface area (Å²) in [7, 11) is 3.45. The first-order chi connectivity index (χ1) is 16.5. The quantitative estimate of drug-likeness (QED) is 0.472. The number of amides is 2. The number of carbonyl (C=O) groups excluding carboxylic acids is 2. The fraction of sp³-hybridized carbons (Fsp3) is 0.214. The zero-order chi connectivity index (χ0) is 24.8. The summed E-state index contributed by atoms with van der Waals surface area (Å²) in [6.07, 6.45) is 0. The molecular formula is C28H30N4O2. The van der Waals surface area contributed by atoms with Crippen molar-refractivity contribution in [3.63, 3.8) is 0 Å². The first-order valence-corrected chi connectivity index (χ1v) is 11.6. The van der Waals surface area contributed by atoms with E-state index >= 15 is 0 Å². The monoisotopic (exact) mass is 454 g/mol. The zero-order valence-corrected chi connectivity index (χ0v) is 20.5. The molecule has 2 heterocycles. The molecule has 0 radical (unpaired) electrons. The summed E-state index contributed by atoms with van der Waals surface area (Å²) in [5.41, 5.74) is 4.30. The average Bonchev–Trinajstić information content (AvgIpc) is 3.28. The van der Waals surface area contributed by atoms with Crippen LogP contribution in [-0.2, 0) is 0 Å². The van der Waals surface area contributed by atoms with Gasteiger partial charge in [0, 0.05) is 25.2 Å². The highest BCUT2D eigenvalue weighted by molar-refractivity contribution is 6.24. The van der Waals surface area contributed by atoms with Crippen molar-refractivity contribution in [3.05, 3.63) is 95.1 Å². The number of amidine groups is 2. The van der Waals surface area contributed by atoms with Crippen LogP contribution in [0.5, 0.6) is 0 Å². The van der Waals surface area contributed by atoms with Crippen molar-refractivity contribution in [2.24, 2.45) is 9.98 Å². The summed E-state index contributed by atoms with van der Waals surface area (Å²) in [6, 6.07) is 22.4. The number of aliphatic imine (C=N–C) groups is 2. The van der Waals surface area contributed by atoms with Gasteiger partial charge >= 0.3 is 0 Å². The van der Waals surface area contributed by atoms with E-state index < -0.39 is 0 Å². The Morgan fingerprint density at radius 3 is 1.26 bits per heavy atom. The molecule has 174 valence electrons. The normalized spacial score (nSPS) is 16.1. The minimum absolute atomic E-state index is 0.0663. The lowest BCUT2D eigenvalue weighted by molar-refractivity contribution is 0.0874. The fourth-order valence-electron chi connectivity index (χ4n) is 3.79. The Morgan fingerprint density at radius 2 is 0.882 bits per heavy atom. The summed E-state index contributed by atoms with van der Waals surface area (Å²) < 4.78 is 0. The lowest BCUT2D eigenvalue weighted by atomic mass is 10.1. The molecule has 5 rings (SSSR count). The molecule has 0 unspecified atom stereocenters. The predicted molar refractivity (Wildman–Crippen MR) is 139 cm³/mol. The van der Waals surface area contributed by atoms with Crippen molar-refractivity contribution in [1.82, 2.24) is 9.80 Å². The third-order valence-electron chi connectivity index (χ3n) is 5.34. The molecule has 0 bridgehead atoms. The molecule has 34 heavy (non-hydrogen) atoms. The zero-order valence-electron chi connectivity index (χ0n) is 20.5. The largest absolute Gasteiger partial charge is 0.295 e. The predicted octanol–water partition coefficient (Wildman–Crippen LogP) is 6.07. The second kappa shape index (κ2) is 10.7. The summed E-state index contributed by atoms with van der Waals surface area (Å²) in [5.74, 6) is 1.09. The number of hydrogen-bond acceptors (Lipinski definition) is 4. The molecule has 2 amide bonds. The van der Waals surface area contributed by atoms with Gasteiger partial charge < -0.3 is 0 Å². The van der Waals surface area contributed by atoms with Crippen molar-refractivity contribution < 1.29 is 9.59 Å². The number of fused-ring (bicyclic) bond motifs is 2. The minimum Gasteiger partial charge on any atom is -0.295 e. The van der Waals surface area contributed by atoms with Crippen molar-refractivity contribution in [2.75, 3.05) is 14.1 Å². The molecule has 0 aliphatic carbocycles. The maximum Gasteiger partial charge on any atom is 0.259 e. The number of rotatable bonds is 2. The van der Waals surface area contributed by atoms with Gasteiger partial charge in [-0.25, -0.2) is 9.98 Å². The van der Waals surface area contributed by atoms with Crippen LogP contribution in [0.2, 0.25) is 0 Å². The maximum absolute atomic E-state index is 12.5. The van der Waals surface area contributed by atoms with Gasteiger partial charge in [0.2, 0.25) is 0 Å². The molecule has 0 saturated heterocycles. The third kappa shape index (κ3) is 4.39. The number of benzene rings is 3. The number of hydrogen-bond donors (Lipinski definition) is 0. The Bertz CT molecular complexity index is 1180. The molecule has 0 fully saturated rings. The summed E-state index contributed by atoms with van der Waals surface area (Å²) in [4.78, 5) is 37.5. The van der Waals surface area contributed by atoms with E-state index in [1.807, 2.05) is 100 Å². The van der Waals surface area contributed by atoms with E-state index in [2.05, 4.69) is 0 Å². The molecule has 0 atom stereocenters. The standard InChI is InChI=1S/C24H18N4O2.2C2H6/c1-27-21(17-10-3-5-12-19(17)23(27)29)25-15-8-7-9-16(14-15)26-22-18-11-4-6-13-20(18)24(30)28(22)2;2*1-2/h3-14H,1-2H3;2*1-2H3. The first kappa shape index (κ1) is 24.6. The van der Waals surface area contributed by atoms with Gasteiger partial charge in [-0.3, -0.25) is 19.4 Å². The highest BCUT2D eigenvalue weighted by Crippen LogP contribution is 2.29. The number of carbonyl (C=O) groups is 2. The van der Waals surface area contributed by atoms with E-state index in [-0.39, 0.29) is 11.8 Å². The lowest BCUT2D eigenvalue weighted by Crippen LogP contribution is -2.25. The van der Waals surface area contributed by atoms with Gasteiger partial charge in [0.1, 0.15) is 11.7 Å². The second-order valence-corrected chi connectivity index (χ2v) is 7.21. The average molecular weight is 455 g/mol. The van der Waals surface area contributed by atoms with Crippen LogP contribution >= 0.6 is 0 Å². The van der Waals surface area contributed by atoms with Crippen LogP contribution in [0.3, 0.4) is 0 Å². The number of nitrogens with zero attached hydrogens (tertiary/aromatic N) is 4. The molecule has 6 heteroatoms. The summed E-state index contributed by atoms with van der Waals surface area (Å²) in [5, 5.41) is 0. The van der Waals surface area contributed by atoms with Crippen LogP contribution in [-0.4, -0.2) is 47.4 Å².